The normalized spacial score (nSPS) is 9.89. The van der Waals surface area contributed by atoms with Crippen molar-refractivity contribution in [2.75, 3.05) is 0 Å². The number of phenols is 1. The van der Waals surface area contributed by atoms with E-state index in [1.165, 1.54) is 0 Å². The first-order chi connectivity index (χ1) is 12.5. The third-order valence-corrected chi connectivity index (χ3v) is 3.72. The Kier molecular flexibility index (Phi) is 7.08. The van der Waals surface area contributed by atoms with Crippen LogP contribution in [0.3, 0.4) is 0 Å². The van der Waals surface area contributed by atoms with E-state index in [9.17, 15) is 0 Å². The van der Waals surface area contributed by atoms with Gasteiger partial charge >= 0.3 is 0 Å². The molecule has 0 aliphatic rings. The van der Waals surface area contributed by atoms with Crippen molar-refractivity contribution in [3.05, 3.63) is 78.6 Å². The molecule has 27 heavy (non-hydrogen) atoms. The molecule has 0 unspecified atom stereocenters. The van der Waals surface area contributed by atoms with Gasteiger partial charge in [0.15, 0.2) is 0 Å². The van der Waals surface area contributed by atoms with Crippen molar-refractivity contribution in [3.63, 3.8) is 0 Å². The molecule has 0 aliphatic carbocycles. The summed E-state index contributed by atoms with van der Waals surface area (Å²) >= 11 is 0. The third-order valence-electron chi connectivity index (χ3n) is 3.72. The predicted molar refractivity (Wildman–Crippen MR) is 100.0 cm³/mol. The van der Waals surface area contributed by atoms with Crippen LogP contribution in [0.5, 0.6) is 5.75 Å². The molecule has 4 rings (SSSR count). The van der Waals surface area contributed by atoms with Crippen LogP contribution in [0.1, 0.15) is 11.4 Å². The molecule has 0 aliphatic heterocycles. The first kappa shape index (κ1) is 20.6. The van der Waals surface area contributed by atoms with Gasteiger partial charge in [0.25, 0.3) is 0 Å². The molecule has 0 atom stereocenters. The second kappa shape index (κ2) is 9.28. The molecule has 0 spiro atoms. The summed E-state index contributed by atoms with van der Waals surface area (Å²) < 4.78 is 3.78. The second-order valence-electron chi connectivity index (χ2n) is 5.87. The number of pyridine rings is 1. The van der Waals surface area contributed by atoms with Crippen LogP contribution in [0.15, 0.2) is 61.2 Å². The molecule has 4 aromatic rings. The number of para-hydroxylation sites is 1. The monoisotopic (exact) mass is 541 g/mol. The first-order valence-corrected chi connectivity index (χ1v) is 8.17. The van der Waals surface area contributed by atoms with Crippen LogP contribution >= 0.6 is 0 Å². The number of imidazole rings is 1. The van der Waals surface area contributed by atoms with Crippen molar-refractivity contribution in [2.24, 2.45) is 7.05 Å². The maximum atomic E-state index is 8.63. The topological polar surface area (TPSA) is 68.8 Å². The van der Waals surface area contributed by atoms with Gasteiger partial charge in [-0.1, -0.05) is 30.0 Å². The average Bonchev–Trinajstić information content (AvgIpc) is 3.21. The van der Waals surface area contributed by atoms with Crippen molar-refractivity contribution < 1.29 is 26.2 Å². The Hall–Kier alpha value is -2.72. The molecule has 7 heteroatoms. The number of aromatic nitrogens is 5. The van der Waals surface area contributed by atoms with Crippen LogP contribution in [-0.2, 0) is 28.1 Å². The number of hydrogen-bond donors (Lipinski definition) is 1. The van der Waals surface area contributed by atoms with Crippen molar-refractivity contribution in [2.45, 2.75) is 13.8 Å². The van der Waals surface area contributed by atoms with Gasteiger partial charge in [-0.3, -0.25) is 9.67 Å². The van der Waals surface area contributed by atoms with E-state index in [-0.39, 0.29) is 21.1 Å². The molecule has 0 saturated carbocycles. The van der Waals surface area contributed by atoms with Crippen LogP contribution < -0.4 is 0 Å². The number of aryl methyl sites for hydroxylation is 3. The van der Waals surface area contributed by atoms with Crippen LogP contribution in [0.2, 0.25) is 0 Å². The van der Waals surface area contributed by atoms with E-state index >= 15 is 0 Å². The number of hydrogen-bond acceptors (Lipinski definition) is 4. The quantitative estimate of drug-likeness (QED) is 0.395. The SMILES string of the molecule is Cc1cc(C)n(-c2[c-]c(-c3nccn3C)cnc2)n1.Oc1ccccc1.[Pt]. The summed E-state index contributed by atoms with van der Waals surface area (Å²) in [6.45, 7) is 3.99. The maximum absolute atomic E-state index is 8.63. The summed E-state index contributed by atoms with van der Waals surface area (Å²) in [6.07, 6.45) is 7.18. The number of rotatable bonds is 2. The fourth-order valence-corrected chi connectivity index (χ4v) is 2.53. The number of benzene rings is 1. The van der Waals surface area contributed by atoms with E-state index in [1.807, 2.05) is 48.5 Å². The fraction of sp³-hybridized carbons (Fsp3) is 0.150. The summed E-state index contributed by atoms with van der Waals surface area (Å²) in [7, 11) is 1.95. The van der Waals surface area contributed by atoms with Gasteiger partial charge in [-0.2, -0.15) is 5.10 Å². The molecular weight excluding hydrogens is 521 g/mol. The minimum Gasteiger partial charge on any atom is -0.508 e. The molecule has 1 N–H and O–H groups in total. The van der Waals surface area contributed by atoms with E-state index in [0.29, 0.717) is 5.75 Å². The molecule has 6 nitrogen and oxygen atoms in total. The van der Waals surface area contributed by atoms with Gasteiger partial charge in [0.2, 0.25) is 0 Å². The Labute approximate surface area is 172 Å². The smallest absolute Gasteiger partial charge is 0.115 e. The summed E-state index contributed by atoms with van der Waals surface area (Å²) in [4.78, 5) is 8.57. The molecule has 0 radical (unpaired) electrons. The van der Waals surface area contributed by atoms with Crippen molar-refractivity contribution in [1.82, 2.24) is 24.3 Å². The molecular formula is C20H20N5OPt-. The van der Waals surface area contributed by atoms with Gasteiger partial charge < -0.3 is 14.7 Å². The zero-order valence-electron chi connectivity index (χ0n) is 15.3. The molecule has 0 saturated heterocycles. The van der Waals surface area contributed by atoms with Crippen molar-refractivity contribution in [1.29, 1.82) is 0 Å². The number of aromatic hydroxyl groups is 1. The summed E-state index contributed by atoms with van der Waals surface area (Å²) in [5.74, 6) is 1.17. The fourth-order valence-electron chi connectivity index (χ4n) is 2.53. The molecule has 3 aromatic heterocycles. The van der Waals surface area contributed by atoms with E-state index in [1.54, 1.807) is 42.9 Å². The minimum absolute atomic E-state index is 0. The molecule has 142 valence electrons. The third kappa shape index (κ3) is 5.14. The van der Waals surface area contributed by atoms with Gasteiger partial charge in [0, 0.05) is 51.9 Å². The van der Waals surface area contributed by atoms with Gasteiger partial charge in [-0.05, 0) is 38.2 Å². The zero-order valence-corrected chi connectivity index (χ0v) is 17.5. The van der Waals surface area contributed by atoms with Crippen LogP contribution in [0.25, 0.3) is 17.1 Å². The molecule has 1 aromatic carbocycles. The number of phenolic OH excluding ortho intramolecular Hbond substituents is 1. The van der Waals surface area contributed by atoms with E-state index in [4.69, 9.17) is 5.11 Å². The van der Waals surface area contributed by atoms with Gasteiger partial charge in [-0.15, -0.1) is 6.07 Å². The van der Waals surface area contributed by atoms with Gasteiger partial charge in [-0.25, -0.2) is 0 Å². The van der Waals surface area contributed by atoms with Gasteiger partial charge in [0.05, 0.1) is 11.5 Å². The van der Waals surface area contributed by atoms with E-state index < -0.39 is 0 Å². The average molecular weight is 541 g/mol. The molecule has 0 fully saturated rings. The summed E-state index contributed by atoms with van der Waals surface area (Å²) in [5.41, 5.74) is 3.73. The Morgan fingerprint density at radius 3 is 2.33 bits per heavy atom. The van der Waals surface area contributed by atoms with Crippen molar-refractivity contribution in [3.8, 4) is 22.8 Å². The predicted octanol–water partition coefficient (Wildman–Crippen LogP) is 3.47. The zero-order chi connectivity index (χ0) is 18.5. The second-order valence-corrected chi connectivity index (χ2v) is 5.87. The van der Waals surface area contributed by atoms with Crippen molar-refractivity contribution >= 4 is 0 Å². The Morgan fingerprint density at radius 1 is 1.07 bits per heavy atom. The minimum atomic E-state index is 0. The van der Waals surface area contributed by atoms with Crippen LogP contribution in [0.4, 0.5) is 0 Å². The molecule has 3 heterocycles. The van der Waals surface area contributed by atoms with E-state index in [0.717, 1.165) is 28.5 Å². The molecule has 0 bridgehead atoms. The number of nitrogens with zero attached hydrogens (tertiary/aromatic N) is 5. The largest absolute Gasteiger partial charge is 0.508 e. The summed E-state index contributed by atoms with van der Waals surface area (Å²) in [6, 6.07) is 14.1. The molecule has 0 amide bonds. The van der Waals surface area contributed by atoms with Crippen LogP contribution in [0, 0.1) is 19.9 Å². The maximum Gasteiger partial charge on any atom is 0.115 e. The Balaban J connectivity index is 0.000000278. The Morgan fingerprint density at radius 2 is 1.81 bits per heavy atom. The van der Waals surface area contributed by atoms with Crippen LogP contribution in [-0.4, -0.2) is 29.4 Å². The Bertz CT molecular complexity index is 995. The van der Waals surface area contributed by atoms with Gasteiger partial charge in [0.1, 0.15) is 5.75 Å². The summed E-state index contributed by atoms with van der Waals surface area (Å²) in [5, 5.41) is 13.1. The first-order valence-electron chi connectivity index (χ1n) is 8.17. The van der Waals surface area contributed by atoms with E-state index in [2.05, 4.69) is 21.1 Å². The standard InChI is InChI=1S/C14H14N5.C6H6O.Pt/c1-10-6-11(2)19(17-10)13-7-12(8-15-9-13)14-16-4-5-18(14)3;7-6-4-2-1-3-5-6;/h4-6,8-9H,1-3H3;1-5,7H;/q-1;;.